The first kappa shape index (κ1) is 30.9. The Morgan fingerprint density at radius 2 is 1.69 bits per heavy atom. The maximum Gasteiger partial charge on any atom is 0.417 e. The third-order valence-electron chi connectivity index (χ3n) is 7.66. The highest BCUT2D eigenvalue weighted by Gasteiger charge is 2.48. The Hall–Kier alpha value is -4.02. The number of hydrogen-bond acceptors (Lipinski definition) is 6. The van der Waals surface area contributed by atoms with Crippen molar-refractivity contribution < 1.29 is 31.9 Å². The molecule has 1 atom stereocenters. The third kappa shape index (κ3) is 6.10. The molecule has 2 heterocycles. The van der Waals surface area contributed by atoms with Crippen LogP contribution in [0.3, 0.4) is 0 Å². The Morgan fingerprint density at radius 3 is 2.31 bits per heavy atom. The maximum atomic E-state index is 13.5. The van der Waals surface area contributed by atoms with Gasteiger partial charge in [-0.25, -0.2) is 9.59 Å². The molecule has 0 saturated carbocycles. The second kappa shape index (κ2) is 12.5. The van der Waals surface area contributed by atoms with E-state index in [2.05, 4.69) is 24.1 Å². The molecule has 1 aromatic heterocycles. The molecule has 0 aliphatic carbocycles. The maximum absolute atomic E-state index is 13.5. The molecule has 11 heteroatoms. The van der Waals surface area contributed by atoms with Gasteiger partial charge in [0.1, 0.15) is 16.9 Å². The first-order valence-corrected chi connectivity index (χ1v) is 14.2. The lowest BCUT2D eigenvalue weighted by Gasteiger charge is -2.25. The Kier molecular flexibility index (Phi) is 9.18. The van der Waals surface area contributed by atoms with Crippen LogP contribution in [0.15, 0.2) is 51.7 Å². The minimum absolute atomic E-state index is 0.127. The van der Waals surface area contributed by atoms with Gasteiger partial charge in [-0.3, -0.25) is 9.69 Å². The van der Waals surface area contributed by atoms with E-state index >= 15 is 0 Å². The second-order valence-electron chi connectivity index (χ2n) is 10.4. The number of ether oxygens (including phenoxy) is 1. The molecule has 1 aliphatic heterocycles. The lowest BCUT2D eigenvalue weighted by Crippen LogP contribution is -2.41. The van der Waals surface area contributed by atoms with Crippen LogP contribution < -0.4 is 20.6 Å². The van der Waals surface area contributed by atoms with E-state index in [-0.39, 0.29) is 30.0 Å². The molecule has 4 rings (SSSR count). The standard InChI is InChI=1S/C31H36F3N3O5/c1-5-10-23-25(16-15-22-24(31(32,33)34)19-26(38)42-27(22)23)41-18-9-8-17-37-28(39)30(4,35-29(37)40)20-11-13-21(14-12-20)36(6-2)7-3/h11-16,19H,5-10,17-18H2,1-4H3,(H,35,40). The number of anilines is 1. The summed E-state index contributed by atoms with van der Waals surface area (Å²) >= 11 is 0. The topological polar surface area (TPSA) is 92.1 Å². The van der Waals surface area contributed by atoms with Crippen molar-refractivity contribution in [2.75, 3.05) is 31.1 Å². The van der Waals surface area contributed by atoms with E-state index in [1.165, 1.54) is 17.0 Å². The lowest BCUT2D eigenvalue weighted by atomic mass is 9.91. The Morgan fingerprint density at radius 1 is 1.00 bits per heavy atom. The van der Waals surface area contributed by atoms with Gasteiger partial charge in [-0.2, -0.15) is 13.2 Å². The van der Waals surface area contributed by atoms with Crippen LogP contribution in [-0.2, 0) is 22.9 Å². The van der Waals surface area contributed by atoms with Gasteiger partial charge in [0.15, 0.2) is 0 Å². The largest absolute Gasteiger partial charge is 0.493 e. The van der Waals surface area contributed by atoms with Gasteiger partial charge < -0.3 is 19.4 Å². The molecular weight excluding hydrogens is 551 g/mol. The first-order valence-electron chi connectivity index (χ1n) is 14.2. The second-order valence-corrected chi connectivity index (χ2v) is 10.4. The van der Waals surface area contributed by atoms with E-state index in [9.17, 15) is 27.6 Å². The van der Waals surface area contributed by atoms with Crippen molar-refractivity contribution in [2.45, 2.75) is 65.1 Å². The number of carbonyl (C=O) groups is 2. The van der Waals surface area contributed by atoms with Gasteiger partial charge in [0.05, 0.1) is 12.2 Å². The highest BCUT2D eigenvalue weighted by molar-refractivity contribution is 6.07. The van der Waals surface area contributed by atoms with Gasteiger partial charge in [-0.05, 0) is 69.9 Å². The van der Waals surface area contributed by atoms with Gasteiger partial charge in [-0.15, -0.1) is 0 Å². The van der Waals surface area contributed by atoms with Gasteiger partial charge in [0.2, 0.25) is 0 Å². The fraction of sp³-hybridized carbons (Fsp3) is 0.452. The zero-order valence-electron chi connectivity index (χ0n) is 24.3. The molecular formula is C31H36F3N3O5. The number of urea groups is 1. The summed E-state index contributed by atoms with van der Waals surface area (Å²) in [6.45, 7) is 9.79. The van der Waals surface area contributed by atoms with Gasteiger partial charge >= 0.3 is 17.8 Å². The number of carbonyl (C=O) groups excluding carboxylic acids is 2. The predicted molar refractivity (Wildman–Crippen MR) is 154 cm³/mol. The number of unbranched alkanes of at least 4 members (excludes halogenated alkanes) is 1. The van der Waals surface area contributed by atoms with Crippen molar-refractivity contribution in [1.82, 2.24) is 10.2 Å². The average molecular weight is 588 g/mol. The molecule has 1 fully saturated rings. The summed E-state index contributed by atoms with van der Waals surface area (Å²) in [5.74, 6) is 0.00168. The summed E-state index contributed by atoms with van der Waals surface area (Å²) in [5.41, 5.74) is -1.29. The van der Waals surface area contributed by atoms with Gasteiger partial charge in [0.25, 0.3) is 5.91 Å². The van der Waals surface area contributed by atoms with Crippen LogP contribution in [0.2, 0.25) is 0 Å². The van der Waals surface area contributed by atoms with E-state index in [0.29, 0.717) is 48.6 Å². The smallest absolute Gasteiger partial charge is 0.417 e. The third-order valence-corrected chi connectivity index (χ3v) is 7.66. The number of halogens is 3. The van der Waals surface area contributed by atoms with Crippen LogP contribution in [0.1, 0.15) is 63.6 Å². The van der Waals surface area contributed by atoms with Gasteiger partial charge in [-0.1, -0.05) is 25.5 Å². The molecule has 3 aromatic rings. The summed E-state index contributed by atoms with van der Waals surface area (Å²) in [7, 11) is 0. The fourth-order valence-electron chi connectivity index (χ4n) is 5.36. The molecule has 0 radical (unpaired) electrons. The zero-order chi connectivity index (χ0) is 30.7. The van der Waals surface area contributed by atoms with Crippen LogP contribution in [0.5, 0.6) is 5.75 Å². The monoisotopic (exact) mass is 587 g/mol. The number of hydrogen-bond donors (Lipinski definition) is 1. The predicted octanol–water partition coefficient (Wildman–Crippen LogP) is 6.24. The minimum Gasteiger partial charge on any atom is -0.493 e. The summed E-state index contributed by atoms with van der Waals surface area (Å²) in [4.78, 5) is 41.4. The number of imide groups is 1. The van der Waals surface area contributed by atoms with Crippen LogP contribution in [0, 0.1) is 0 Å². The molecule has 1 N–H and O–H groups in total. The average Bonchev–Trinajstić information content (AvgIpc) is 3.17. The van der Waals surface area contributed by atoms with Crippen molar-refractivity contribution in [3.8, 4) is 5.75 Å². The van der Waals surface area contributed by atoms with E-state index in [0.717, 1.165) is 18.8 Å². The van der Waals surface area contributed by atoms with Crippen molar-refractivity contribution in [3.63, 3.8) is 0 Å². The molecule has 1 aliphatic rings. The van der Waals surface area contributed by atoms with Crippen molar-refractivity contribution in [2.24, 2.45) is 0 Å². The molecule has 0 bridgehead atoms. The minimum atomic E-state index is -4.70. The Balaban J connectivity index is 1.40. The molecule has 1 saturated heterocycles. The number of benzene rings is 2. The summed E-state index contributed by atoms with van der Waals surface area (Å²) in [6, 6.07) is 10.3. The van der Waals surface area contributed by atoms with Crippen molar-refractivity contribution in [1.29, 1.82) is 0 Å². The quantitative estimate of drug-likeness (QED) is 0.153. The Labute approximate surface area is 242 Å². The summed E-state index contributed by atoms with van der Waals surface area (Å²) in [5, 5.41) is 2.63. The SMILES string of the molecule is CCCc1c(OCCCCN2C(=O)NC(C)(c3ccc(N(CC)CC)cc3)C2=O)ccc2c(C(F)(F)F)cc(=O)oc12. The van der Waals surface area contributed by atoms with Crippen LogP contribution in [-0.4, -0.2) is 43.1 Å². The first-order chi connectivity index (χ1) is 19.9. The molecule has 0 spiro atoms. The van der Waals surface area contributed by atoms with Crippen LogP contribution >= 0.6 is 0 Å². The number of nitrogens with one attached hydrogen (secondary N) is 1. The number of rotatable bonds is 12. The Bertz CT molecular complexity index is 1500. The van der Waals surface area contributed by atoms with E-state index in [4.69, 9.17) is 9.15 Å². The van der Waals surface area contributed by atoms with E-state index < -0.39 is 28.9 Å². The van der Waals surface area contributed by atoms with Crippen LogP contribution in [0.25, 0.3) is 11.0 Å². The highest BCUT2D eigenvalue weighted by atomic mass is 19.4. The zero-order valence-corrected chi connectivity index (χ0v) is 24.3. The van der Waals surface area contributed by atoms with Crippen molar-refractivity contribution in [3.05, 3.63) is 69.6 Å². The summed E-state index contributed by atoms with van der Waals surface area (Å²) < 4.78 is 51.7. The molecule has 2 aromatic carbocycles. The number of aryl methyl sites for hydroxylation is 1. The van der Waals surface area contributed by atoms with E-state index in [1.807, 2.05) is 31.2 Å². The molecule has 8 nitrogen and oxygen atoms in total. The molecule has 226 valence electrons. The number of alkyl halides is 3. The van der Waals surface area contributed by atoms with Crippen molar-refractivity contribution >= 4 is 28.6 Å². The number of amides is 3. The highest BCUT2D eigenvalue weighted by Crippen LogP contribution is 2.37. The number of nitrogens with zero attached hydrogens (tertiary/aromatic N) is 2. The van der Waals surface area contributed by atoms with Gasteiger partial charge in [0, 0.05) is 42.3 Å². The lowest BCUT2D eigenvalue weighted by molar-refractivity contribution is -0.136. The van der Waals surface area contributed by atoms with Crippen LogP contribution in [0.4, 0.5) is 23.7 Å². The molecule has 1 unspecified atom stereocenters. The van der Waals surface area contributed by atoms with E-state index in [1.54, 1.807) is 6.92 Å². The normalized spacial score (nSPS) is 17.2. The fourth-order valence-corrected chi connectivity index (χ4v) is 5.36. The summed E-state index contributed by atoms with van der Waals surface area (Å²) in [6.07, 6.45) is -2.82. The molecule has 42 heavy (non-hydrogen) atoms. The molecule has 3 amide bonds. The number of fused-ring (bicyclic) bond motifs is 1.